The minimum Gasteiger partial charge on any atom is -0.461 e. The van der Waals surface area contributed by atoms with Crippen LogP contribution in [0.2, 0.25) is 0 Å². The van der Waals surface area contributed by atoms with Crippen LogP contribution in [0.5, 0.6) is 0 Å². The molecule has 0 spiro atoms. The van der Waals surface area contributed by atoms with Crippen LogP contribution in [0.25, 0.3) is 11.0 Å². The lowest BCUT2D eigenvalue weighted by atomic mass is 10.1. The quantitative estimate of drug-likeness (QED) is 0.698. The third kappa shape index (κ3) is 1.71. The summed E-state index contributed by atoms with van der Waals surface area (Å²) in [6.45, 7) is 5.47. The van der Waals surface area contributed by atoms with Crippen molar-refractivity contribution in [1.82, 2.24) is 0 Å². The summed E-state index contributed by atoms with van der Waals surface area (Å²) in [4.78, 5) is 11.7. The second kappa shape index (κ2) is 3.73. The molecule has 0 atom stereocenters. The van der Waals surface area contributed by atoms with Gasteiger partial charge in [0.15, 0.2) is 5.43 Å². The minimum atomic E-state index is 0.0136. The normalized spacial score (nSPS) is 10.5. The van der Waals surface area contributed by atoms with Crippen molar-refractivity contribution >= 4 is 11.0 Å². The predicted molar refractivity (Wildman–Crippen MR) is 61.1 cm³/mol. The standard InChI is InChI=1S/C13H12O2/c1-3-5-10-6-4-7-11-12(14)8-9(2)15-13(10)11/h3-4,6-8H,1,5H2,2H3. The van der Waals surface area contributed by atoms with Crippen LogP contribution in [-0.2, 0) is 6.42 Å². The first-order valence-electron chi connectivity index (χ1n) is 4.85. The zero-order chi connectivity index (χ0) is 10.8. The molecule has 0 unspecified atom stereocenters. The Bertz CT molecular complexity index is 564. The second-order valence-corrected chi connectivity index (χ2v) is 3.51. The fraction of sp³-hybridized carbons (Fsp3) is 0.154. The first-order chi connectivity index (χ1) is 7.22. The lowest BCUT2D eigenvalue weighted by Gasteiger charge is -2.03. The van der Waals surface area contributed by atoms with Crippen molar-refractivity contribution in [3.05, 3.63) is 58.5 Å². The highest BCUT2D eigenvalue weighted by molar-refractivity contribution is 5.79. The number of allylic oxidation sites excluding steroid dienone is 1. The molecule has 2 nitrogen and oxygen atoms in total. The van der Waals surface area contributed by atoms with E-state index in [2.05, 4.69) is 6.58 Å². The third-order valence-corrected chi connectivity index (χ3v) is 2.32. The maximum absolute atomic E-state index is 11.7. The van der Waals surface area contributed by atoms with E-state index < -0.39 is 0 Å². The Morgan fingerprint density at radius 1 is 1.47 bits per heavy atom. The summed E-state index contributed by atoms with van der Waals surface area (Å²) in [5.41, 5.74) is 1.70. The average Bonchev–Trinajstić information content (AvgIpc) is 2.19. The number of hydrogen-bond donors (Lipinski definition) is 0. The maximum Gasteiger partial charge on any atom is 0.192 e. The van der Waals surface area contributed by atoms with E-state index in [0.29, 0.717) is 23.2 Å². The molecular weight excluding hydrogens is 188 g/mol. The first kappa shape index (κ1) is 9.71. The molecule has 2 heteroatoms. The molecule has 0 amide bonds. The van der Waals surface area contributed by atoms with E-state index in [0.717, 1.165) is 5.56 Å². The van der Waals surface area contributed by atoms with Crippen LogP contribution in [0.1, 0.15) is 11.3 Å². The largest absolute Gasteiger partial charge is 0.461 e. The van der Waals surface area contributed by atoms with Crippen molar-refractivity contribution in [2.45, 2.75) is 13.3 Å². The van der Waals surface area contributed by atoms with Gasteiger partial charge in [-0.05, 0) is 25.0 Å². The Kier molecular flexibility index (Phi) is 2.42. The summed E-state index contributed by atoms with van der Waals surface area (Å²) in [6.07, 6.45) is 2.51. The van der Waals surface area contributed by atoms with Crippen LogP contribution < -0.4 is 5.43 Å². The number of fused-ring (bicyclic) bond motifs is 1. The molecular formula is C13H12O2. The molecule has 0 N–H and O–H groups in total. The molecule has 0 aliphatic carbocycles. The zero-order valence-electron chi connectivity index (χ0n) is 8.62. The number of rotatable bonds is 2. The molecule has 0 bridgehead atoms. The van der Waals surface area contributed by atoms with E-state index in [1.807, 2.05) is 12.1 Å². The topological polar surface area (TPSA) is 30.2 Å². The van der Waals surface area contributed by atoms with Crippen LogP contribution in [0.3, 0.4) is 0 Å². The Balaban J connectivity index is 2.84. The molecule has 0 radical (unpaired) electrons. The van der Waals surface area contributed by atoms with Gasteiger partial charge in [0.2, 0.25) is 0 Å². The van der Waals surface area contributed by atoms with Crippen molar-refractivity contribution in [3.8, 4) is 0 Å². The van der Waals surface area contributed by atoms with Crippen molar-refractivity contribution in [2.75, 3.05) is 0 Å². The fourth-order valence-electron chi connectivity index (χ4n) is 1.67. The molecule has 0 saturated heterocycles. The van der Waals surface area contributed by atoms with Crippen LogP contribution in [-0.4, -0.2) is 0 Å². The molecule has 2 rings (SSSR count). The van der Waals surface area contributed by atoms with Crippen molar-refractivity contribution in [1.29, 1.82) is 0 Å². The monoisotopic (exact) mass is 200 g/mol. The van der Waals surface area contributed by atoms with Crippen molar-refractivity contribution in [2.24, 2.45) is 0 Å². The van der Waals surface area contributed by atoms with Crippen molar-refractivity contribution < 1.29 is 4.42 Å². The summed E-state index contributed by atoms with van der Waals surface area (Å²) in [7, 11) is 0. The van der Waals surface area contributed by atoms with Gasteiger partial charge < -0.3 is 4.42 Å². The highest BCUT2D eigenvalue weighted by atomic mass is 16.3. The first-order valence-corrected chi connectivity index (χ1v) is 4.85. The van der Waals surface area contributed by atoms with Crippen LogP contribution in [0.4, 0.5) is 0 Å². The molecule has 0 fully saturated rings. The Morgan fingerprint density at radius 2 is 2.27 bits per heavy atom. The average molecular weight is 200 g/mol. The van der Waals surface area contributed by atoms with Gasteiger partial charge in [0.05, 0.1) is 5.39 Å². The van der Waals surface area contributed by atoms with Gasteiger partial charge in [-0.25, -0.2) is 0 Å². The summed E-state index contributed by atoms with van der Waals surface area (Å²) < 4.78 is 5.58. The molecule has 2 aromatic rings. The Labute approximate surface area is 87.8 Å². The van der Waals surface area contributed by atoms with Gasteiger partial charge in [0, 0.05) is 6.07 Å². The van der Waals surface area contributed by atoms with Gasteiger partial charge in [-0.15, -0.1) is 6.58 Å². The minimum absolute atomic E-state index is 0.0136. The number of para-hydroxylation sites is 1. The van der Waals surface area contributed by atoms with Gasteiger partial charge in [-0.1, -0.05) is 18.2 Å². The molecule has 0 aliphatic rings. The van der Waals surface area contributed by atoms with E-state index in [1.165, 1.54) is 6.07 Å². The highest BCUT2D eigenvalue weighted by Gasteiger charge is 2.05. The number of aryl methyl sites for hydroxylation is 1. The maximum atomic E-state index is 11.7. The lowest BCUT2D eigenvalue weighted by Crippen LogP contribution is -2.01. The van der Waals surface area contributed by atoms with E-state index >= 15 is 0 Å². The SMILES string of the molecule is C=CCc1cccc2c(=O)cc(C)oc12. The fourth-order valence-corrected chi connectivity index (χ4v) is 1.67. The second-order valence-electron chi connectivity index (χ2n) is 3.51. The smallest absolute Gasteiger partial charge is 0.192 e. The van der Waals surface area contributed by atoms with Gasteiger partial charge in [0.1, 0.15) is 11.3 Å². The molecule has 1 aromatic carbocycles. The molecule has 15 heavy (non-hydrogen) atoms. The summed E-state index contributed by atoms with van der Waals surface area (Å²) in [6, 6.07) is 7.12. The van der Waals surface area contributed by atoms with Crippen LogP contribution in [0.15, 0.2) is 46.1 Å². The molecule has 1 heterocycles. The summed E-state index contributed by atoms with van der Waals surface area (Å²) >= 11 is 0. The van der Waals surface area contributed by atoms with Gasteiger partial charge in [0.25, 0.3) is 0 Å². The zero-order valence-corrected chi connectivity index (χ0v) is 8.62. The summed E-state index contributed by atoms with van der Waals surface area (Å²) in [5.74, 6) is 0.643. The predicted octanol–water partition coefficient (Wildman–Crippen LogP) is 2.83. The third-order valence-electron chi connectivity index (χ3n) is 2.32. The molecule has 76 valence electrons. The van der Waals surface area contributed by atoms with Crippen molar-refractivity contribution in [3.63, 3.8) is 0 Å². The van der Waals surface area contributed by atoms with Gasteiger partial charge in [-0.3, -0.25) is 4.79 Å². The number of benzene rings is 1. The lowest BCUT2D eigenvalue weighted by molar-refractivity contribution is 0.561. The van der Waals surface area contributed by atoms with Crippen LogP contribution in [0, 0.1) is 6.92 Å². The Morgan fingerprint density at radius 3 is 3.00 bits per heavy atom. The van der Waals surface area contributed by atoms with E-state index in [-0.39, 0.29) is 5.43 Å². The highest BCUT2D eigenvalue weighted by Crippen LogP contribution is 2.17. The van der Waals surface area contributed by atoms with Gasteiger partial charge in [-0.2, -0.15) is 0 Å². The van der Waals surface area contributed by atoms with E-state index in [9.17, 15) is 4.79 Å². The molecule has 0 saturated carbocycles. The Hall–Kier alpha value is -1.83. The van der Waals surface area contributed by atoms with E-state index in [1.54, 1.807) is 19.1 Å². The van der Waals surface area contributed by atoms with E-state index in [4.69, 9.17) is 4.42 Å². The molecule has 1 aromatic heterocycles. The molecule has 0 aliphatic heterocycles. The van der Waals surface area contributed by atoms with Gasteiger partial charge >= 0.3 is 0 Å². The van der Waals surface area contributed by atoms with Crippen LogP contribution >= 0.6 is 0 Å². The number of hydrogen-bond acceptors (Lipinski definition) is 2. The summed E-state index contributed by atoms with van der Waals surface area (Å²) in [5, 5.41) is 0.639.